The third kappa shape index (κ3) is 5.32. The Bertz CT molecular complexity index is 3640. The zero-order valence-corrected chi connectivity index (χ0v) is 40.2. The summed E-state index contributed by atoms with van der Waals surface area (Å²) in [6, 6.07) is 56.2. The van der Waals surface area contributed by atoms with Crippen molar-refractivity contribution in [3.05, 3.63) is 180 Å². The van der Waals surface area contributed by atoms with Crippen molar-refractivity contribution in [1.82, 2.24) is 0 Å². The molecule has 2 nitrogen and oxygen atoms in total. The van der Waals surface area contributed by atoms with E-state index in [1.54, 1.807) is 0 Å². The molecule has 0 amide bonds. The average Bonchev–Trinajstić information content (AvgIpc) is 3.36. The molecule has 10 aromatic carbocycles. The van der Waals surface area contributed by atoms with Crippen molar-refractivity contribution in [2.24, 2.45) is 0 Å². The SMILES string of the molecule is [2H]c1cc2c3c(cc4c([2H])cc5c6c(cc1c3c46)B1c3ccc(C(C)C)cc3N(c3ccccc3)c3cc(C(C)C)cc-5c31)B1c3ccc(C(C)C)cc3N(c3ccccc3)c3cc(C(C)C)cc-2c31. The van der Waals surface area contributed by atoms with Crippen LogP contribution in [0, 0.1) is 0 Å². The Morgan fingerprint density at radius 2 is 0.735 bits per heavy atom. The molecule has 4 aliphatic heterocycles. The van der Waals surface area contributed by atoms with Crippen molar-refractivity contribution >= 4 is 113 Å². The van der Waals surface area contributed by atoms with E-state index < -0.39 is 0 Å². The Hall–Kier alpha value is -7.03. The summed E-state index contributed by atoms with van der Waals surface area (Å²) in [6.45, 7) is 18.2. The van der Waals surface area contributed by atoms with Crippen LogP contribution in [0.4, 0.5) is 34.1 Å². The van der Waals surface area contributed by atoms with Crippen LogP contribution in [-0.4, -0.2) is 13.4 Å². The molecule has 0 saturated heterocycles. The summed E-state index contributed by atoms with van der Waals surface area (Å²) in [5.41, 5.74) is 24.7. The maximum Gasteiger partial charge on any atom is 0.248 e. The quantitative estimate of drug-likeness (QED) is 0.121. The average molecular weight is 875 g/mol. The largest absolute Gasteiger partial charge is 0.311 e. The molecule has 0 atom stereocenters. The van der Waals surface area contributed by atoms with Crippen molar-refractivity contribution in [3.8, 4) is 22.3 Å². The molecule has 0 saturated carbocycles. The van der Waals surface area contributed by atoms with Crippen LogP contribution in [0.15, 0.2) is 158 Å². The van der Waals surface area contributed by atoms with Gasteiger partial charge in [0.05, 0.1) is 2.74 Å². The summed E-state index contributed by atoms with van der Waals surface area (Å²) in [4.78, 5) is 5.02. The van der Waals surface area contributed by atoms with Crippen molar-refractivity contribution < 1.29 is 2.74 Å². The second kappa shape index (κ2) is 14.3. The molecule has 4 aliphatic rings. The van der Waals surface area contributed by atoms with E-state index in [4.69, 9.17) is 0 Å². The van der Waals surface area contributed by atoms with Crippen molar-refractivity contribution in [1.29, 1.82) is 0 Å². The number of para-hydroxylation sites is 2. The van der Waals surface area contributed by atoms with Crippen LogP contribution in [0.3, 0.4) is 0 Å². The van der Waals surface area contributed by atoms with Crippen molar-refractivity contribution in [3.63, 3.8) is 0 Å². The van der Waals surface area contributed by atoms with Gasteiger partial charge in [-0.25, -0.2) is 0 Å². The zero-order valence-electron chi connectivity index (χ0n) is 42.2. The minimum atomic E-state index is -0.0641. The van der Waals surface area contributed by atoms with Gasteiger partial charge in [-0.1, -0.05) is 175 Å². The molecule has 0 spiro atoms. The molecule has 4 heteroatoms. The van der Waals surface area contributed by atoms with E-state index in [-0.39, 0.29) is 13.4 Å². The van der Waals surface area contributed by atoms with Gasteiger partial charge in [0, 0.05) is 34.1 Å². The van der Waals surface area contributed by atoms with Gasteiger partial charge in [0.2, 0.25) is 13.4 Å². The van der Waals surface area contributed by atoms with Gasteiger partial charge >= 0.3 is 0 Å². The van der Waals surface area contributed by atoms with Gasteiger partial charge in [-0.2, -0.15) is 0 Å². The highest BCUT2D eigenvalue weighted by Gasteiger charge is 2.45. The van der Waals surface area contributed by atoms with E-state index in [0.717, 1.165) is 44.0 Å². The van der Waals surface area contributed by atoms with Gasteiger partial charge in [0.25, 0.3) is 0 Å². The van der Waals surface area contributed by atoms with Crippen molar-refractivity contribution in [2.45, 2.75) is 79.1 Å². The molecule has 14 rings (SSSR count). The predicted molar refractivity (Wildman–Crippen MR) is 296 cm³/mol. The fourth-order valence-corrected chi connectivity index (χ4v) is 12.9. The molecule has 0 N–H and O–H groups in total. The minimum absolute atomic E-state index is 0.0641. The fourth-order valence-electron chi connectivity index (χ4n) is 12.9. The lowest BCUT2D eigenvalue weighted by Gasteiger charge is -2.42. The molecule has 10 aromatic rings. The minimum Gasteiger partial charge on any atom is -0.311 e. The van der Waals surface area contributed by atoms with E-state index in [2.05, 4.69) is 211 Å². The first kappa shape index (κ1) is 38.0. The molecule has 0 bridgehead atoms. The number of fused-ring (bicyclic) bond motifs is 8. The van der Waals surface area contributed by atoms with Gasteiger partial charge in [-0.05, 0) is 171 Å². The van der Waals surface area contributed by atoms with Gasteiger partial charge in [0.1, 0.15) is 0 Å². The van der Waals surface area contributed by atoms with E-state index in [9.17, 15) is 2.74 Å². The molecule has 326 valence electrons. The smallest absolute Gasteiger partial charge is 0.248 e. The van der Waals surface area contributed by atoms with Gasteiger partial charge in [-0.15, -0.1) is 0 Å². The highest BCUT2D eigenvalue weighted by Crippen LogP contribution is 2.50. The lowest BCUT2D eigenvalue weighted by atomic mass is 9.31. The van der Waals surface area contributed by atoms with E-state index >= 15 is 0 Å². The summed E-state index contributed by atoms with van der Waals surface area (Å²) >= 11 is 0. The third-order valence-corrected chi connectivity index (χ3v) is 16.3. The lowest BCUT2D eigenvalue weighted by Crippen LogP contribution is -2.60. The summed E-state index contributed by atoms with van der Waals surface area (Å²) in [6.07, 6.45) is 0. The zero-order chi connectivity index (χ0) is 47.8. The lowest BCUT2D eigenvalue weighted by molar-refractivity contribution is 0.865. The molecule has 0 aliphatic carbocycles. The summed E-state index contributed by atoms with van der Waals surface area (Å²) < 4.78 is 20.5. The van der Waals surface area contributed by atoms with Crippen LogP contribution in [-0.2, 0) is 0 Å². The molecule has 4 heterocycles. The number of hydrogen-bond acceptors (Lipinski definition) is 2. The maximum absolute atomic E-state index is 10.2. The molecular formula is C64H54B2N2. The number of hydrogen-bond donors (Lipinski definition) is 0. The predicted octanol–water partition coefficient (Wildman–Crippen LogP) is 13.6. The van der Waals surface area contributed by atoms with E-state index in [1.165, 1.54) is 99.7 Å². The highest BCUT2D eigenvalue weighted by atomic mass is 15.2. The second-order valence-electron chi connectivity index (χ2n) is 21.4. The van der Waals surface area contributed by atoms with Crippen LogP contribution < -0.4 is 42.6 Å². The summed E-state index contributed by atoms with van der Waals surface area (Å²) in [7, 11) is 0. The number of anilines is 6. The number of nitrogens with zero attached hydrogens (tertiary/aromatic N) is 2. The van der Waals surface area contributed by atoms with E-state index in [0.29, 0.717) is 35.8 Å². The van der Waals surface area contributed by atoms with Crippen LogP contribution in [0.1, 0.15) is 104 Å². The normalized spacial score (nSPS) is 14.4. The third-order valence-electron chi connectivity index (χ3n) is 16.3. The van der Waals surface area contributed by atoms with Gasteiger partial charge in [0.15, 0.2) is 0 Å². The first-order valence-electron chi connectivity index (χ1n) is 26.0. The van der Waals surface area contributed by atoms with Crippen LogP contribution >= 0.6 is 0 Å². The first-order chi connectivity index (χ1) is 33.9. The Kier molecular flexibility index (Phi) is 7.96. The Balaban J connectivity index is 1.14. The molecule has 0 aromatic heterocycles. The van der Waals surface area contributed by atoms with Crippen LogP contribution in [0.2, 0.25) is 0 Å². The Labute approximate surface area is 404 Å². The van der Waals surface area contributed by atoms with Crippen LogP contribution in [0.25, 0.3) is 54.6 Å². The van der Waals surface area contributed by atoms with Crippen molar-refractivity contribution in [2.75, 3.05) is 9.80 Å². The molecule has 0 fully saturated rings. The molecule has 68 heavy (non-hydrogen) atoms. The second-order valence-corrected chi connectivity index (χ2v) is 21.4. The number of rotatable bonds is 6. The molecule has 0 radical (unpaired) electrons. The van der Waals surface area contributed by atoms with Gasteiger partial charge in [-0.3, -0.25) is 0 Å². The monoisotopic (exact) mass is 874 g/mol. The maximum atomic E-state index is 10.2. The van der Waals surface area contributed by atoms with Gasteiger partial charge < -0.3 is 9.80 Å². The van der Waals surface area contributed by atoms with Crippen LogP contribution in [0.5, 0.6) is 0 Å². The standard InChI is InChI=1S/C64H54B2N2/c1-35(2)39-21-25-51-55(31-39)67(45-15-11-9-12-16-45)57-33-43(37(5)6)27-49-47-23-20-42-30-54-62-48(24-19-41-29-53(65(51)63(49)57)61(47)59(42)60(41)62)50-28-44(38(7)8)34-58-64(50)66(54)52-26-22-40(36(3)4)32-56(52)68(58)46-17-13-10-14-18-46/h9-38H,1-8H3/i19D,20D. The molecular weight excluding hydrogens is 818 g/mol. The molecule has 0 unspecified atom stereocenters. The summed E-state index contributed by atoms with van der Waals surface area (Å²) in [5, 5.41) is 6.69. The van der Waals surface area contributed by atoms with E-state index in [1.807, 2.05) is 0 Å². The highest BCUT2D eigenvalue weighted by molar-refractivity contribution is 7.02. The first-order valence-corrected chi connectivity index (χ1v) is 25.0. The fraction of sp³-hybridized carbons (Fsp3) is 0.188. The topological polar surface area (TPSA) is 6.48 Å². The summed E-state index contributed by atoms with van der Waals surface area (Å²) in [5.74, 6) is 1.31. The Morgan fingerprint density at radius 1 is 0.353 bits per heavy atom. The number of benzene rings is 10. The Morgan fingerprint density at radius 3 is 1.12 bits per heavy atom.